The van der Waals surface area contributed by atoms with Crippen molar-refractivity contribution in [3.63, 3.8) is 0 Å². The van der Waals surface area contributed by atoms with Crippen molar-refractivity contribution in [1.29, 1.82) is 0 Å². The fourth-order valence-corrected chi connectivity index (χ4v) is 3.49. The monoisotopic (exact) mass is 442 g/mol. The first kappa shape index (κ1) is 22.0. The van der Waals surface area contributed by atoms with Gasteiger partial charge in [0.25, 0.3) is 0 Å². The molecule has 7 heteroatoms. The summed E-state index contributed by atoms with van der Waals surface area (Å²) >= 11 is 0. The second kappa shape index (κ2) is 9.08. The normalized spacial score (nSPS) is 10.7. The fourth-order valence-electron chi connectivity index (χ4n) is 3.49. The van der Waals surface area contributed by atoms with Crippen LogP contribution in [0.1, 0.15) is 19.4 Å². The largest absolute Gasteiger partial charge is 0.496 e. The molecule has 0 atom stereocenters. The zero-order chi connectivity index (χ0) is 23.5. The van der Waals surface area contributed by atoms with Gasteiger partial charge in [-0.1, -0.05) is 48.0 Å². The molecule has 1 aromatic heterocycles. The van der Waals surface area contributed by atoms with Crippen molar-refractivity contribution in [1.82, 2.24) is 9.97 Å². The summed E-state index contributed by atoms with van der Waals surface area (Å²) in [6.45, 7) is 4.59. The van der Waals surface area contributed by atoms with E-state index in [0.29, 0.717) is 17.0 Å². The Morgan fingerprint density at radius 2 is 1.42 bits per heavy atom. The van der Waals surface area contributed by atoms with E-state index in [4.69, 9.17) is 24.2 Å². The van der Waals surface area contributed by atoms with Gasteiger partial charge in [-0.2, -0.15) is 0 Å². The number of esters is 2. The number of carbonyl (C=O) groups excluding carboxylic acids is 2. The maximum Gasteiger partial charge on any atom is 0.308 e. The molecule has 1 heterocycles. The second-order valence-electron chi connectivity index (χ2n) is 7.46. The lowest BCUT2D eigenvalue weighted by Gasteiger charge is -2.16. The van der Waals surface area contributed by atoms with Gasteiger partial charge in [-0.3, -0.25) is 9.59 Å². The number of benzene rings is 3. The minimum atomic E-state index is -0.544. The highest BCUT2D eigenvalue weighted by Crippen LogP contribution is 2.42. The summed E-state index contributed by atoms with van der Waals surface area (Å²) in [6, 6.07) is 18.7. The summed E-state index contributed by atoms with van der Waals surface area (Å²) in [6.07, 6.45) is 0. The van der Waals surface area contributed by atoms with Crippen LogP contribution in [0.15, 0.2) is 60.7 Å². The van der Waals surface area contributed by atoms with Gasteiger partial charge >= 0.3 is 11.9 Å². The molecule has 0 fully saturated rings. The molecule has 0 spiro atoms. The zero-order valence-electron chi connectivity index (χ0n) is 18.7. The third-order valence-corrected chi connectivity index (χ3v) is 4.93. The molecule has 33 heavy (non-hydrogen) atoms. The van der Waals surface area contributed by atoms with Crippen LogP contribution >= 0.6 is 0 Å². The summed E-state index contributed by atoms with van der Waals surface area (Å²) in [4.78, 5) is 33.2. The van der Waals surface area contributed by atoms with Crippen molar-refractivity contribution < 1.29 is 23.8 Å². The van der Waals surface area contributed by atoms with Crippen LogP contribution in [0.4, 0.5) is 0 Å². The quantitative estimate of drug-likeness (QED) is 0.313. The molecule has 4 rings (SSSR count). The Balaban J connectivity index is 2.04. The van der Waals surface area contributed by atoms with E-state index in [1.807, 2.05) is 55.5 Å². The molecule has 166 valence electrons. The first-order chi connectivity index (χ1) is 15.9. The van der Waals surface area contributed by atoms with Crippen LogP contribution in [0, 0.1) is 6.92 Å². The van der Waals surface area contributed by atoms with Gasteiger partial charge in [0, 0.05) is 36.9 Å². The molecule has 0 aliphatic carbocycles. The molecular formula is C26H22N2O5. The van der Waals surface area contributed by atoms with Crippen LogP contribution in [-0.2, 0) is 9.59 Å². The van der Waals surface area contributed by atoms with Crippen LogP contribution in [0.5, 0.6) is 17.2 Å². The van der Waals surface area contributed by atoms with Gasteiger partial charge in [0.2, 0.25) is 0 Å². The smallest absolute Gasteiger partial charge is 0.308 e. The number of fused-ring (bicyclic) bond motifs is 1. The number of nitrogens with zero attached hydrogens (tertiary/aromatic N) is 2. The summed E-state index contributed by atoms with van der Waals surface area (Å²) < 4.78 is 16.2. The zero-order valence-corrected chi connectivity index (χ0v) is 18.7. The second-order valence-corrected chi connectivity index (χ2v) is 7.46. The van der Waals surface area contributed by atoms with E-state index < -0.39 is 11.9 Å². The lowest BCUT2D eigenvalue weighted by molar-refractivity contribution is -0.132. The average Bonchev–Trinajstić information content (AvgIpc) is 2.78. The number of ether oxygens (including phenoxy) is 3. The van der Waals surface area contributed by atoms with Crippen molar-refractivity contribution in [2.75, 3.05) is 7.11 Å². The van der Waals surface area contributed by atoms with E-state index >= 15 is 0 Å². The molecule has 4 aromatic rings. The summed E-state index contributed by atoms with van der Waals surface area (Å²) in [5, 5.41) is 0.863. The Hall–Kier alpha value is -4.26. The van der Waals surface area contributed by atoms with Gasteiger partial charge in [-0.05, 0) is 13.0 Å². The molecule has 0 radical (unpaired) electrons. The predicted octanol–water partition coefficient (Wildman–Crippen LogP) is 5.13. The average molecular weight is 442 g/mol. The van der Waals surface area contributed by atoms with E-state index in [9.17, 15) is 9.59 Å². The minimum absolute atomic E-state index is 0.128. The number of carbonyl (C=O) groups is 2. The Kier molecular flexibility index (Phi) is 6.04. The van der Waals surface area contributed by atoms with E-state index in [-0.39, 0.29) is 22.9 Å². The number of aryl methyl sites for hydroxylation is 1. The Morgan fingerprint density at radius 3 is 2.00 bits per heavy atom. The van der Waals surface area contributed by atoms with Gasteiger partial charge in [0.15, 0.2) is 5.82 Å². The van der Waals surface area contributed by atoms with Crippen LogP contribution < -0.4 is 14.2 Å². The Bertz CT molecular complexity index is 1330. The van der Waals surface area contributed by atoms with Crippen molar-refractivity contribution in [2.45, 2.75) is 20.8 Å². The molecule has 0 aliphatic heterocycles. The third kappa shape index (κ3) is 4.67. The first-order valence-electron chi connectivity index (χ1n) is 10.3. The number of rotatable bonds is 5. The molecule has 0 saturated carbocycles. The van der Waals surface area contributed by atoms with Gasteiger partial charge in [-0.15, -0.1) is 0 Å². The van der Waals surface area contributed by atoms with E-state index in [0.717, 1.165) is 16.5 Å². The van der Waals surface area contributed by atoms with Gasteiger partial charge in [-0.25, -0.2) is 9.97 Å². The Labute approximate surface area is 191 Å². The molecule has 7 nitrogen and oxygen atoms in total. The molecule has 0 amide bonds. The van der Waals surface area contributed by atoms with Crippen molar-refractivity contribution in [3.05, 3.63) is 66.2 Å². The lowest BCUT2D eigenvalue weighted by atomic mass is 10.0. The van der Waals surface area contributed by atoms with Crippen LogP contribution in [0.3, 0.4) is 0 Å². The van der Waals surface area contributed by atoms with E-state index in [2.05, 4.69) is 0 Å². The molecule has 0 unspecified atom stereocenters. The molecule has 3 aromatic carbocycles. The van der Waals surface area contributed by atoms with Gasteiger partial charge in [0.1, 0.15) is 22.8 Å². The molecule has 0 bridgehead atoms. The molecule has 0 N–H and O–H groups in total. The summed E-state index contributed by atoms with van der Waals surface area (Å²) in [5.74, 6) is -0.229. The summed E-state index contributed by atoms with van der Waals surface area (Å²) in [7, 11) is 1.46. The van der Waals surface area contributed by atoms with Crippen LogP contribution in [-0.4, -0.2) is 29.0 Å². The van der Waals surface area contributed by atoms with Crippen molar-refractivity contribution in [3.8, 4) is 39.9 Å². The fraction of sp³-hybridized carbons (Fsp3) is 0.154. The highest BCUT2D eigenvalue weighted by Gasteiger charge is 2.23. The number of hydrogen-bond acceptors (Lipinski definition) is 7. The van der Waals surface area contributed by atoms with Crippen molar-refractivity contribution in [2.24, 2.45) is 0 Å². The number of aromatic nitrogens is 2. The van der Waals surface area contributed by atoms with Gasteiger partial charge < -0.3 is 14.2 Å². The highest BCUT2D eigenvalue weighted by molar-refractivity contribution is 5.94. The van der Waals surface area contributed by atoms with Crippen LogP contribution in [0.2, 0.25) is 0 Å². The van der Waals surface area contributed by atoms with Crippen molar-refractivity contribution >= 4 is 22.8 Å². The minimum Gasteiger partial charge on any atom is -0.496 e. The maximum atomic E-state index is 11.9. The Morgan fingerprint density at radius 1 is 0.818 bits per heavy atom. The molecular weight excluding hydrogens is 420 g/mol. The summed E-state index contributed by atoms with van der Waals surface area (Å²) in [5.41, 5.74) is 3.70. The molecule has 0 aliphatic rings. The van der Waals surface area contributed by atoms with Crippen LogP contribution in [0.25, 0.3) is 33.5 Å². The maximum absolute atomic E-state index is 11.9. The number of para-hydroxylation sites is 1. The van der Waals surface area contributed by atoms with Gasteiger partial charge in [0.05, 0.1) is 18.3 Å². The number of hydrogen-bond donors (Lipinski definition) is 0. The topological polar surface area (TPSA) is 87.6 Å². The number of methoxy groups -OCH3 is 1. The standard InChI is InChI=1S/C26H22N2O5/c1-15-9-11-18(12-10-15)25-20-7-5-6-8-21(20)27-26(28-25)24-22(32-16(2)29)13-19(31-4)14-23(24)33-17(3)30/h5-14H,1-4H3. The van der Waals surface area contributed by atoms with E-state index in [1.165, 1.54) is 33.1 Å². The highest BCUT2D eigenvalue weighted by atomic mass is 16.5. The van der Waals surface area contributed by atoms with E-state index in [1.54, 1.807) is 0 Å². The lowest BCUT2D eigenvalue weighted by Crippen LogP contribution is -2.08. The third-order valence-electron chi connectivity index (χ3n) is 4.93. The SMILES string of the molecule is COc1cc(OC(C)=O)c(-c2nc(-c3ccc(C)cc3)c3ccccc3n2)c(OC(C)=O)c1. The first-order valence-corrected chi connectivity index (χ1v) is 10.3. The molecule has 0 saturated heterocycles. The predicted molar refractivity (Wildman–Crippen MR) is 124 cm³/mol.